The van der Waals surface area contributed by atoms with Crippen molar-refractivity contribution in [3.05, 3.63) is 22.6 Å². The van der Waals surface area contributed by atoms with Crippen LogP contribution >= 0.6 is 15.9 Å². The van der Waals surface area contributed by atoms with Crippen LogP contribution < -0.4 is 5.32 Å². The predicted molar refractivity (Wildman–Crippen MR) is 60.0 cm³/mol. The van der Waals surface area contributed by atoms with Crippen molar-refractivity contribution < 1.29 is 18.7 Å². The van der Waals surface area contributed by atoms with Crippen molar-refractivity contribution in [1.29, 1.82) is 0 Å². The standard InChI is InChI=1S/C10H12BrNO4/c1-3-15-10(14)6(2)12-9(13)7-4-5-16-8(7)11/h4-6H,3H2,1-2H3,(H,12,13). The molecule has 5 nitrogen and oxygen atoms in total. The molecule has 88 valence electrons. The zero-order chi connectivity index (χ0) is 12.1. The van der Waals surface area contributed by atoms with Gasteiger partial charge in [0, 0.05) is 0 Å². The molecule has 1 aromatic rings. The first-order valence-electron chi connectivity index (χ1n) is 4.76. The number of hydrogen-bond donors (Lipinski definition) is 1. The molecular formula is C10H12BrNO4. The van der Waals surface area contributed by atoms with E-state index in [-0.39, 0.29) is 12.5 Å². The van der Waals surface area contributed by atoms with Gasteiger partial charge < -0.3 is 14.5 Å². The van der Waals surface area contributed by atoms with E-state index < -0.39 is 12.0 Å². The van der Waals surface area contributed by atoms with Gasteiger partial charge in [-0.3, -0.25) is 4.79 Å². The highest BCUT2D eigenvalue weighted by Crippen LogP contribution is 2.17. The van der Waals surface area contributed by atoms with Gasteiger partial charge in [0.1, 0.15) is 6.04 Å². The number of halogens is 1. The van der Waals surface area contributed by atoms with Crippen LogP contribution in [0.5, 0.6) is 0 Å². The molecule has 1 aromatic heterocycles. The van der Waals surface area contributed by atoms with Crippen LogP contribution in [0.15, 0.2) is 21.4 Å². The summed E-state index contributed by atoms with van der Waals surface area (Å²) in [5, 5.41) is 2.50. The first kappa shape index (κ1) is 12.8. The maximum atomic E-state index is 11.6. The number of nitrogens with one attached hydrogen (secondary N) is 1. The third-order valence-electron chi connectivity index (χ3n) is 1.85. The second-order valence-corrected chi connectivity index (χ2v) is 3.78. The molecule has 1 amide bonds. The Kier molecular flexibility index (Phi) is 4.54. The van der Waals surface area contributed by atoms with Crippen molar-refractivity contribution in [1.82, 2.24) is 5.32 Å². The van der Waals surface area contributed by atoms with Gasteiger partial charge in [0.2, 0.25) is 0 Å². The van der Waals surface area contributed by atoms with Crippen LogP contribution in [-0.4, -0.2) is 24.5 Å². The molecule has 16 heavy (non-hydrogen) atoms. The molecule has 1 heterocycles. The van der Waals surface area contributed by atoms with Crippen molar-refractivity contribution >= 4 is 27.8 Å². The zero-order valence-electron chi connectivity index (χ0n) is 8.95. The number of rotatable bonds is 4. The second kappa shape index (κ2) is 5.69. The summed E-state index contributed by atoms with van der Waals surface area (Å²) in [6.07, 6.45) is 1.38. The van der Waals surface area contributed by atoms with Crippen LogP contribution in [0, 0.1) is 0 Å². The normalized spacial score (nSPS) is 11.9. The average Bonchev–Trinajstić information content (AvgIpc) is 2.64. The lowest BCUT2D eigenvalue weighted by atomic mass is 10.3. The van der Waals surface area contributed by atoms with Crippen LogP contribution in [0.4, 0.5) is 0 Å². The average molecular weight is 290 g/mol. The minimum Gasteiger partial charge on any atom is -0.464 e. The molecule has 1 rings (SSSR count). The molecule has 0 bridgehead atoms. The molecule has 1 N–H and O–H groups in total. The third-order valence-corrected chi connectivity index (χ3v) is 2.46. The fourth-order valence-corrected chi connectivity index (χ4v) is 1.48. The van der Waals surface area contributed by atoms with Gasteiger partial charge in [-0.05, 0) is 35.8 Å². The van der Waals surface area contributed by atoms with Gasteiger partial charge in [0.25, 0.3) is 5.91 Å². The summed E-state index contributed by atoms with van der Waals surface area (Å²) in [7, 11) is 0. The van der Waals surface area contributed by atoms with E-state index in [9.17, 15) is 9.59 Å². The van der Waals surface area contributed by atoms with E-state index in [1.165, 1.54) is 12.3 Å². The first-order valence-corrected chi connectivity index (χ1v) is 5.56. The maximum absolute atomic E-state index is 11.6. The molecule has 0 fully saturated rings. The Labute approximate surface area is 101 Å². The van der Waals surface area contributed by atoms with Gasteiger partial charge in [-0.2, -0.15) is 0 Å². The van der Waals surface area contributed by atoms with Gasteiger partial charge >= 0.3 is 5.97 Å². The maximum Gasteiger partial charge on any atom is 0.328 e. The van der Waals surface area contributed by atoms with E-state index >= 15 is 0 Å². The molecule has 0 radical (unpaired) electrons. The summed E-state index contributed by atoms with van der Waals surface area (Å²) in [5.74, 6) is -0.850. The molecule has 1 unspecified atom stereocenters. The minimum absolute atomic E-state index is 0.286. The number of ether oxygens (including phenoxy) is 1. The van der Waals surface area contributed by atoms with Crippen LogP contribution in [0.2, 0.25) is 0 Å². The molecule has 6 heteroatoms. The second-order valence-electron chi connectivity index (χ2n) is 3.06. The topological polar surface area (TPSA) is 68.5 Å². The Hall–Kier alpha value is -1.30. The smallest absolute Gasteiger partial charge is 0.328 e. The van der Waals surface area contributed by atoms with Crippen molar-refractivity contribution in [3.63, 3.8) is 0 Å². The summed E-state index contributed by atoms with van der Waals surface area (Å²) in [5.41, 5.74) is 0.344. The number of carbonyl (C=O) groups is 2. The largest absolute Gasteiger partial charge is 0.464 e. The fraction of sp³-hybridized carbons (Fsp3) is 0.400. The SMILES string of the molecule is CCOC(=O)C(C)NC(=O)c1ccoc1Br. The van der Waals surface area contributed by atoms with Crippen LogP contribution in [0.25, 0.3) is 0 Å². The highest BCUT2D eigenvalue weighted by Gasteiger charge is 2.19. The molecule has 0 saturated heterocycles. The van der Waals surface area contributed by atoms with Crippen LogP contribution in [-0.2, 0) is 9.53 Å². The quantitative estimate of drug-likeness (QED) is 0.857. The Morgan fingerprint density at radius 2 is 2.31 bits per heavy atom. The number of esters is 1. The van der Waals surface area contributed by atoms with Gasteiger partial charge in [-0.1, -0.05) is 0 Å². The van der Waals surface area contributed by atoms with Crippen molar-refractivity contribution in [3.8, 4) is 0 Å². The predicted octanol–water partition coefficient (Wildman–Crippen LogP) is 1.72. The molecule has 0 aromatic carbocycles. The zero-order valence-corrected chi connectivity index (χ0v) is 10.5. The lowest BCUT2D eigenvalue weighted by molar-refractivity contribution is -0.144. The first-order chi connectivity index (χ1) is 7.56. The van der Waals surface area contributed by atoms with E-state index in [0.29, 0.717) is 10.2 Å². The van der Waals surface area contributed by atoms with Gasteiger partial charge in [-0.15, -0.1) is 0 Å². The molecule has 1 atom stereocenters. The Morgan fingerprint density at radius 3 is 2.81 bits per heavy atom. The Bertz CT molecular complexity index is 388. The molecule has 0 aliphatic rings. The van der Waals surface area contributed by atoms with Gasteiger partial charge in [0.05, 0.1) is 18.4 Å². The molecule has 0 aliphatic carbocycles. The summed E-state index contributed by atoms with van der Waals surface area (Å²) in [6, 6.07) is 0.825. The highest BCUT2D eigenvalue weighted by atomic mass is 79.9. The number of furan rings is 1. The van der Waals surface area contributed by atoms with Crippen LogP contribution in [0.1, 0.15) is 24.2 Å². The summed E-state index contributed by atoms with van der Waals surface area (Å²) in [6.45, 7) is 3.55. The minimum atomic E-state index is -0.686. The number of hydrogen-bond acceptors (Lipinski definition) is 4. The lowest BCUT2D eigenvalue weighted by Crippen LogP contribution is -2.39. The Balaban J connectivity index is 2.58. The number of carbonyl (C=O) groups excluding carboxylic acids is 2. The molecule has 0 saturated carbocycles. The molecule has 0 aliphatic heterocycles. The molecule has 0 spiro atoms. The molecular weight excluding hydrogens is 278 g/mol. The van der Waals surface area contributed by atoms with Crippen molar-refractivity contribution in [2.45, 2.75) is 19.9 Å². The van der Waals surface area contributed by atoms with E-state index in [1.54, 1.807) is 13.8 Å². The monoisotopic (exact) mass is 289 g/mol. The van der Waals surface area contributed by atoms with E-state index in [2.05, 4.69) is 21.2 Å². The fourth-order valence-electron chi connectivity index (χ4n) is 1.06. The van der Waals surface area contributed by atoms with Gasteiger partial charge in [0.15, 0.2) is 4.67 Å². The summed E-state index contributed by atoms with van der Waals surface area (Å²) in [4.78, 5) is 22.9. The van der Waals surface area contributed by atoms with E-state index in [1.807, 2.05) is 0 Å². The van der Waals surface area contributed by atoms with E-state index in [4.69, 9.17) is 9.15 Å². The van der Waals surface area contributed by atoms with Crippen molar-refractivity contribution in [2.75, 3.05) is 6.61 Å². The Morgan fingerprint density at radius 1 is 1.62 bits per heavy atom. The van der Waals surface area contributed by atoms with E-state index in [0.717, 1.165) is 0 Å². The number of amides is 1. The van der Waals surface area contributed by atoms with Gasteiger partial charge in [-0.25, -0.2) is 4.79 Å². The van der Waals surface area contributed by atoms with Crippen molar-refractivity contribution in [2.24, 2.45) is 0 Å². The lowest BCUT2D eigenvalue weighted by Gasteiger charge is -2.11. The summed E-state index contributed by atoms with van der Waals surface area (Å²) < 4.78 is 10.0. The van der Waals surface area contributed by atoms with Crippen LogP contribution in [0.3, 0.4) is 0 Å². The third kappa shape index (κ3) is 3.10. The highest BCUT2D eigenvalue weighted by molar-refractivity contribution is 9.10. The summed E-state index contributed by atoms with van der Waals surface area (Å²) >= 11 is 3.08.